The Morgan fingerprint density at radius 2 is 1.71 bits per heavy atom. The van der Waals surface area contributed by atoms with Crippen molar-refractivity contribution < 1.29 is 5.11 Å². The third-order valence-electron chi connectivity index (χ3n) is 3.85. The van der Waals surface area contributed by atoms with Crippen molar-refractivity contribution in [2.75, 3.05) is 6.61 Å². The molecule has 0 amide bonds. The molecule has 0 aliphatic heterocycles. The molecular formula is C12H23NO. The zero-order valence-electron chi connectivity index (χ0n) is 9.42. The van der Waals surface area contributed by atoms with Crippen molar-refractivity contribution in [2.24, 2.45) is 11.8 Å². The monoisotopic (exact) mass is 197 g/mol. The summed E-state index contributed by atoms with van der Waals surface area (Å²) in [5.74, 6) is 1.71. The van der Waals surface area contributed by atoms with Gasteiger partial charge in [-0.2, -0.15) is 0 Å². The smallest absolute Gasteiger partial charge is 0.0613 e. The highest BCUT2D eigenvalue weighted by atomic mass is 16.3. The van der Waals surface area contributed by atoms with Crippen LogP contribution in [0.1, 0.15) is 46.0 Å². The third kappa shape index (κ3) is 2.29. The highest BCUT2D eigenvalue weighted by Gasteiger charge is 2.44. The zero-order chi connectivity index (χ0) is 10.2. The molecule has 2 aliphatic carbocycles. The van der Waals surface area contributed by atoms with Crippen LogP contribution in [0.2, 0.25) is 0 Å². The van der Waals surface area contributed by atoms with E-state index in [4.69, 9.17) is 0 Å². The predicted molar refractivity (Wildman–Crippen MR) is 58.2 cm³/mol. The molecule has 2 unspecified atom stereocenters. The van der Waals surface area contributed by atoms with Crippen LogP contribution in [0.3, 0.4) is 0 Å². The molecule has 0 aromatic carbocycles. The van der Waals surface area contributed by atoms with E-state index < -0.39 is 0 Å². The van der Waals surface area contributed by atoms with Crippen molar-refractivity contribution in [3.8, 4) is 0 Å². The lowest BCUT2D eigenvalue weighted by Gasteiger charge is -2.34. The number of aliphatic hydroxyl groups excluding tert-OH is 1. The topological polar surface area (TPSA) is 32.3 Å². The van der Waals surface area contributed by atoms with E-state index in [9.17, 15) is 5.11 Å². The van der Waals surface area contributed by atoms with Crippen LogP contribution >= 0.6 is 0 Å². The van der Waals surface area contributed by atoms with Crippen LogP contribution in [-0.2, 0) is 0 Å². The Morgan fingerprint density at radius 1 is 1.14 bits per heavy atom. The maximum absolute atomic E-state index is 9.26. The lowest BCUT2D eigenvalue weighted by Crippen LogP contribution is -2.45. The van der Waals surface area contributed by atoms with Gasteiger partial charge in [0.05, 0.1) is 6.61 Å². The minimum Gasteiger partial charge on any atom is -0.394 e. The van der Waals surface area contributed by atoms with Crippen LogP contribution in [0.15, 0.2) is 0 Å². The minimum atomic E-state index is 0.126. The van der Waals surface area contributed by atoms with Crippen LogP contribution in [0.4, 0.5) is 0 Å². The van der Waals surface area contributed by atoms with E-state index in [1.807, 2.05) is 0 Å². The molecule has 0 bridgehead atoms. The fourth-order valence-corrected chi connectivity index (χ4v) is 3.00. The first-order valence-corrected chi connectivity index (χ1v) is 6.02. The number of aliphatic hydroxyl groups is 1. The van der Waals surface area contributed by atoms with Crippen molar-refractivity contribution in [1.29, 1.82) is 0 Å². The lowest BCUT2D eigenvalue weighted by molar-refractivity contribution is 0.176. The van der Waals surface area contributed by atoms with Gasteiger partial charge in [-0.1, -0.05) is 13.8 Å². The van der Waals surface area contributed by atoms with Gasteiger partial charge in [0.2, 0.25) is 0 Å². The van der Waals surface area contributed by atoms with Crippen molar-refractivity contribution >= 4 is 0 Å². The van der Waals surface area contributed by atoms with Gasteiger partial charge < -0.3 is 10.4 Å². The Hall–Kier alpha value is -0.0800. The van der Waals surface area contributed by atoms with Gasteiger partial charge >= 0.3 is 0 Å². The fraction of sp³-hybridized carbons (Fsp3) is 1.00. The van der Waals surface area contributed by atoms with Gasteiger partial charge in [-0.05, 0) is 43.9 Å². The molecule has 82 valence electrons. The molecule has 0 aromatic heterocycles. The molecule has 2 saturated carbocycles. The summed E-state index contributed by atoms with van der Waals surface area (Å²) < 4.78 is 0. The first kappa shape index (κ1) is 10.4. The first-order valence-electron chi connectivity index (χ1n) is 6.02. The summed E-state index contributed by atoms with van der Waals surface area (Å²) in [7, 11) is 0. The maximum Gasteiger partial charge on any atom is 0.0613 e. The quantitative estimate of drug-likeness (QED) is 0.724. The Balaban J connectivity index is 1.85. The van der Waals surface area contributed by atoms with Gasteiger partial charge in [0.25, 0.3) is 0 Å². The van der Waals surface area contributed by atoms with Crippen molar-refractivity contribution in [3.63, 3.8) is 0 Å². The summed E-state index contributed by atoms with van der Waals surface area (Å²) in [6.45, 7) is 5.03. The lowest BCUT2D eigenvalue weighted by atomic mass is 9.80. The van der Waals surface area contributed by atoms with Gasteiger partial charge in [-0.3, -0.25) is 0 Å². The summed E-state index contributed by atoms with van der Waals surface area (Å²) in [6.07, 6.45) is 6.31. The van der Waals surface area contributed by atoms with Gasteiger partial charge in [0.15, 0.2) is 0 Å². The van der Waals surface area contributed by atoms with Gasteiger partial charge in [-0.15, -0.1) is 0 Å². The third-order valence-corrected chi connectivity index (χ3v) is 3.85. The molecule has 2 heteroatoms. The van der Waals surface area contributed by atoms with Crippen molar-refractivity contribution in [2.45, 2.75) is 57.5 Å². The van der Waals surface area contributed by atoms with Crippen LogP contribution in [0.25, 0.3) is 0 Å². The molecule has 2 aliphatic rings. The fourth-order valence-electron chi connectivity index (χ4n) is 3.00. The van der Waals surface area contributed by atoms with E-state index in [0.29, 0.717) is 12.6 Å². The largest absolute Gasteiger partial charge is 0.394 e. The molecule has 2 atom stereocenters. The van der Waals surface area contributed by atoms with Crippen LogP contribution < -0.4 is 5.32 Å². The molecule has 0 saturated heterocycles. The van der Waals surface area contributed by atoms with E-state index in [2.05, 4.69) is 19.2 Å². The van der Waals surface area contributed by atoms with Crippen LogP contribution in [0, 0.1) is 11.8 Å². The van der Waals surface area contributed by atoms with Crippen LogP contribution in [-0.4, -0.2) is 23.3 Å². The second kappa shape index (κ2) is 3.82. The average molecular weight is 197 g/mol. The number of nitrogens with one attached hydrogen (secondary N) is 1. The first-order chi connectivity index (χ1) is 6.63. The highest BCUT2D eigenvalue weighted by molar-refractivity contribution is 5.03. The second-order valence-electron chi connectivity index (χ2n) is 5.70. The zero-order valence-corrected chi connectivity index (χ0v) is 9.42. The summed E-state index contributed by atoms with van der Waals surface area (Å²) in [5.41, 5.74) is 0.126. The second-order valence-corrected chi connectivity index (χ2v) is 5.70. The molecule has 2 nitrogen and oxygen atoms in total. The van der Waals surface area contributed by atoms with E-state index >= 15 is 0 Å². The van der Waals surface area contributed by atoms with E-state index in [1.54, 1.807) is 0 Å². The Morgan fingerprint density at radius 3 is 2.14 bits per heavy atom. The Kier molecular flexibility index (Phi) is 2.85. The van der Waals surface area contributed by atoms with Gasteiger partial charge in [-0.25, -0.2) is 0 Å². The summed E-state index contributed by atoms with van der Waals surface area (Å²) in [4.78, 5) is 0. The summed E-state index contributed by atoms with van der Waals surface area (Å²) in [6, 6.07) is 0.656. The van der Waals surface area contributed by atoms with Crippen LogP contribution in [0.5, 0.6) is 0 Å². The molecule has 2 N–H and O–H groups in total. The molecular weight excluding hydrogens is 174 g/mol. The molecule has 0 heterocycles. The van der Waals surface area contributed by atoms with Gasteiger partial charge in [0.1, 0.15) is 0 Å². The normalized spacial score (nSPS) is 40.9. The van der Waals surface area contributed by atoms with Crippen molar-refractivity contribution in [3.05, 3.63) is 0 Å². The number of hydrogen-bond donors (Lipinski definition) is 2. The molecule has 0 radical (unpaired) electrons. The standard InChI is InChI=1S/C12H23NO/c1-9-5-10(2)7-11(6-9)13-12(8-14)3-4-12/h9-11,13-14H,3-8H2,1-2H3. The summed E-state index contributed by atoms with van der Waals surface area (Å²) in [5, 5.41) is 12.9. The molecule has 0 aromatic rings. The molecule has 0 spiro atoms. The van der Waals surface area contributed by atoms with Gasteiger partial charge in [0, 0.05) is 11.6 Å². The average Bonchev–Trinajstić information content (AvgIpc) is 2.83. The van der Waals surface area contributed by atoms with E-state index in [1.165, 1.54) is 32.1 Å². The summed E-state index contributed by atoms with van der Waals surface area (Å²) >= 11 is 0. The predicted octanol–water partition coefficient (Wildman–Crippen LogP) is 1.93. The van der Waals surface area contributed by atoms with E-state index in [0.717, 1.165) is 11.8 Å². The number of rotatable bonds is 3. The minimum absolute atomic E-state index is 0.126. The molecule has 2 fully saturated rings. The Bertz CT molecular complexity index is 190. The van der Waals surface area contributed by atoms with Crippen molar-refractivity contribution in [1.82, 2.24) is 5.32 Å². The molecule has 2 rings (SSSR count). The SMILES string of the molecule is CC1CC(C)CC(NC2(CO)CC2)C1. The molecule has 14 heavy (non-hydrogen) atoms. The maximum atomic E-state index is 9.26. The highest BCUT2D eigenvalue weighted by Crippen LogP contribution is 2.38. The number of hydrogen-bond acceptors (Lipinski definition) is 2. The van der Waals surface area contributed by atoms with E-state index in [-0.39, 0.29) is 5.54 Å². The Labute approximate surface area is 87.1 Å².